The maximum Gasteiger partial charge on any atom is 0.220 e. The molecule has 184 valence electrons. The molecule has 0 aromatic heterocycles. The zero-order valence-corrected chi connectivity index (χ0v) is 19.8. The fourth-order valence-electron chi connectivity index (χ4n) is 5.15. The Bertz CT molecular complexity index is 746. The lowest BCUT2D eigenvalue weighted by molar-refractivity contribution is -0.123. The van der Waals surface area contributed by atoms with Crippen LogP contribution in [0.3, 0.4) is 0 Å². The highest BCUT2D eigenvalue weighted by Crippen LogP contribution is 2.33. The fraction of sp³-hybridized carbons (Fsp3) is 0.731. The molecule has 2 fully saturated rings. The van der Waals surface area contributed by atoms with Gasteiger partial charge in [0.2, 0.25) is 5.91 Å². The maximum absolute atomic E-state index is 12.8. The molecule has 7 nitrogen and oxygen atoms in total. The number of aliphatic hydroxyl groups is 1. The molecule has 3 aliphatic rings. The molecule has 2 N–H and O–H groups in total. The van der Waals surface area contributed by atoms with Crippen LogP contribution < -0.4 is 14.8 Å². The lowest BCUT2D eigenvalue weighted by Crippen LogP contribution is -2.46. The molecule has 3 aliphatic heterocycles. The van der Waals surface area contributed by atoms with Gasteiger partial charge in [-0.05, 0) is 68.8 Å². The van der Waals surface area contributed by atoms with Crippen LogP contribution in [0.1, 0.15) is 69.5 Å². The number of hydrogen-bond acceptors (Lipinski definition) is 6. The summed E-state index contributed by atoms with van der Waals surface area (Å²) < 4.78 is 16.7. The van der Waals surface area contributed by atoms with Crippen molar-refractivity contribution in [3.8, 4) is 11.5 Å². The number of benzene rings is 1. The smallest absolute Gasteiger partial charge is 0.220 e. The predicted octanol–water partition coefficient (Wildman–Crippen LogP) is 3.45. The first-order valence-corrected chi connectivity index (χ1v) is 12.9. The van der Waals surface area contributed by atoms with E-state index in [2.05, 4.69) is 10.2 Å². The lowest BCUT2D eigenvalue weighted by Gasteiger charge is -2.29. The van der Waals surface area contributed by atoms with E-state index in [0.717, 1.165) is 50.6 Å². The van der Waals surface area contributed by atoms with E-state index in [1.807, 2.05) is 18.2 Å². The third-order valence-corrected chi connectivity index (χ3v) is 7.15. The zero-order chi connectivity index (χ0) is 22.9. The third kappa shape index (κ3) is 7.33. The third-order valence-electron chi connectivity index (χ3n) is 7.15. The minimum Gasteiger partial charge on any atom is -0.486 e. The standard InChI is InChI=1S/C26H40N2O5/c29-25(7-3-1-2-6-20-10-14-31-15-11-20)27-22(19-28-12-4-5-13-28)26(30)21-8-9-23-24(18-21)33-17-16-32-23/h8-9,18,20,22,26,30H,1-7,10-17,19H2,(H,27,29)/t22-,26?/m1/s1. The van der Waals surface area contributed by atoms with Crippen LogP contribution in [0.15, 0.2) is 18.2 Å². The number of nitrogens with one attached hydrogen (secondary N) is 1. The maximum atomic E-state index is 12.8. The summed E-state index contributed by atoms with van der Waals surface area (Å²) in [5.74, 6) is 2.19. The first kappa shape index (κ1) is 24.3. The van der Waals surface area contributed by atoms with Gasteiger partial charge < -0.3 is 29.5 Å². The average molecular weight is 461 g/mol. The van der Waals surface area contributed by atoms with E-state index in [4.69, 9.17) is 14.2 Å². The molecule has 3 heterocycles. The van der Waals surface area contributed by atoms with Crippen LogP contribution in [0.2, 0.25) is 0 Å². The van der Waals surface area contributed by atoms with E-state index in [9.17, 15) is 9.90 Å². The van der Waals surface area contributed by atoms with Crippen LogP contribution in [0.25, 0.3) is 0 Å². The van der Waals surface area contributed by atoms with Crippen molar-refractivity contribution in [2.75, 3.05) is 46.1 Å². The number of nitrogens with zero attached hydrogens (tertiary/aromatic N) is 1. The quantitative estimate of drug-likeness (QED) is 0.493. The molecule has 2 atom stereocenters. The second kappa shape index (κ2) is 12.6. The Balaban J connectivity index is 1.27. The van der Waals surface area contributed by atoms with Crippen molar-refractivity contribution in [3.05, 3.63) is 23.8 Å². The fourth-order valence-corrected chi connectivity index (χ4v) is 5.15. The molecular formula is C26H40N2O5. The van der Waals surface area contributed by atoms with E-state index < -0.39 is 6.10 Å². The molecule has 33 heavy (non-hydrogen) atoms. The van der Waals surface area contributed by atoms with Gasteiger partial charge in [0.1, 0.15) is 19.3 Å². The molecule has 1 unspecified atom stereocenters. The zero-order valence-electron chi connectivity index (χ0n) is 19.8. The topological polar surface area (TPSA) is 80.3 Å². The molecule has 0 saturated carbocycles. The molecule has 1 aromatic rings. The van der Waals surface area contributed by atoms with Gasteiger partial charge in [-0.15, -0.1) is 0 Å². The van der Waals surface area contributed by atoms with Gasteiger partial charge in [-0.2, -0.15) is 0 Å². The molecule has 0 aliphatic carbocycles. The van der Waals surface area contributed by atoms with Gasteiger partial charge in [-0.3, -0.25) is 4.79 Å². The highest BCUT2D eigenvalue weighted by Gasteiger charge is 2.27. The van der Waals surface area contributed by atoms with Crippen LogP contribution in [0.4, 0.5) is 0 Å². The van der Waals surface area contributed by atoms with Crippen molar-refractivity contribution >= 4 is 5.91 Å². The van der Waals surface area contributed by atoms with Gasteiger partial charge in [0.15, 0.2) is 11.5 Å². The number of likely N-dealkylation sites (tertiary alicyclic amines) is 1. The van der Waals surface area contributed by atoms with Crippen LogP contribution in [0, 0.1) is 5.92 Å². The monoisotopic (exact) mass is 460 g/mol. The van der Waals surface area contributed by atoms with Gasteiger partial charge in [0.25, 0.3) is 0 Å². The Morgan fingerprint density at radius 1 is 1.03 bits per heavy atom. The highest BCUT2D eigenvalue weighted by molar-refractivity contribution is 5.76. The lowest BCUT2D eigenvalue weighted by atomic mass is 9.93. The minimum absolute atomic E-state index is 0.0295. The van der Waals surface area contributed by atoms with Crippen molar-refractivity contribution in [2.24, 2.45) is 5.92 Å². The summed E-state index contributed by atoms with van der Waals surface area (Å²) in [6, 6.07) is 5.22. The Hall–Kier alpha value is -1.83. The van der Waals surface area contributed by atoms with Gasteiger partial charge in [-0.1, -0.05) is 25.3 Å². The normalized spacial score (nSPS) is 21.0. The first-order chi connectivity index (χ1) is 16.2. The van der Waals surface area contributed by atoms with Crippen molar-refractivity contribution < 1.29 is 24.1 Å². The summed E-state index contributed by atoms with van der Waals surface area (Å²) >= 11 is 0. The Labute approximate surface area is 197 Å². The van der Waals surface area contributed by atoms with Gasteiger partial charge in [-0.25, -0.2) is 0 Å². The van der Waals surface area contributed by atoms with Crippen molar-refractivity contribution in [1.82, 2.24) is 10.2 Å². The van der Waals surface area contributed by atoms with Gasteiger partial charge in [0, 0.05) is 26.2 Å². The predicted molar refractivity (Wildman–Crippen MR) is 127 cm³/mol. The molecule has 1 aromatic carbocycles. The van der Waals surface area contributed by atoms with Gasteiger partial charge >= 0.3 is 0 Å². The molecular weight excluding hydrogens is 420 g/mol. The summed E-state index contributed by atoms with van der Waals surface area (Å²) in [5, 5.41) is 14.3. The van der Waals surface area contributed by atoms with Crippen LogP contribution in [-0.4, -0.2) is 68.0 Å². The van der Waals surface area contributed by atoms with E-state index in [0.29, 0.717) is 37.7 Å². The Morgan fingerprint density at radius 2 is 1.79 bits per heavy atom. The molecule has 7 heteroatoms. The first-order valence-electron chi connectivity index (χ1n) is 12.9. The number of rotatable bonds is 11. The van der Waals surface area contributed by atoms with Gasteiger partial charge in [0.05, 0.1) is 6.04 Å². The number of fused-ring (bicyclic) bond motifs is 1. The largest absolute Gasteiger partial charge is 0.486 e. The molecule has 4 rings (SSSR count). The highest BCUT2D eigenvalue weighted by atomic mass is 16.6. The second-order valence-electron chi connectivity index (χ2n) is 9.68. The number of carbonyl (C=O) groups excluding carboxylic acids is 1. The molecule has 0 radical (unpaired) electrons. The number of amides is 1. The van der Waals surface area contributed by atoms with Crippen molar-refractivity contribution in [2.45, 2.75) is 69.9 Å². The summed E-state index contributed by atoms with van der Waals surface area (Å²) in [5.41, 5.74) is 0.750. The van der Waals surface area contributed by atoms with E-state index >= 15 is 0 Å². The number of hydrogen-bond donors (Lipinski definition) is 2. The Kier molecular flexibility index (Phi) is 9.26. The molecule has 0 spiro atoms. The van der Waals surface area contributed by atoms with E-state index in [1.54, 1.807) is 0 Å². The SMILES string of the molecule is O=C(CCCCCC1CCOCC1)N[C@H](CN1CCCC1)C(O)c1ccc2c(c1)OCCO2. The van der Waals surface area contributed by atoms with E-state index in [1.165, 1.54) is 38.5 Å². The number of carbonyl (C=O) groups is 1. The average Bonchev–Trinajstić information content (AvgIpc) is 3.36. The van der Waals surface area contributed by atoms with Crippen LogP contribution >= 0.6 is 0 Å². The minimum atomic E-state index is -0.793. The number of unbranched alkanes of at least 4 members (excludes halogenated alkanes) is 2. The van der Waals surface area contributed by atoms with Crippen LogP contribution in [-0.2, 0) is 9.53 Å². The molecule has 2 saturated heterocycles. The Morgan fingerprint density at radius 3 is 2.58 bits per heavy atom. The molecule has 0 bridgehead atoms. The molecule has 1 amide bonds. The number of aliphatic hydroxyl groups excluding tert-OH is 1. The summed E-state index contributed by atoms with van der Waals surface area (Å²) in [6.07, 6.45) is 8.81. The second-order valence-corrected chi connectivity index (χ2v) is 9.68. The van der Waals surface area contributed by atoms with Crippen molar-refractivity contribution in [1.29, 1.82) is 0 Å². The summed E-state index contributed by atoms with van der Waals surface area (Å²) in [4.78, 5) is 15.1. The summed E-state index contributed by atoms with van der Waals surface area (Å²) in [6.45, 7) is 5.55. The number of ether oxygens (including phenoxy) is 3. The summed E-state index contributed by atoms with van der Waals surface area (Å²) in [7, 11) is 0. The van der Waals surface area contributed by atoms with Crippen LogP contribution in [0.5, 0.6) is 11.5 Å². The van der Waals surface area contributed by atoms with Crippen molar-refractivity contribution in [3.63, 3.8) is 0 Å². The van der Waals surface area contributed by atoms with E-state index in [-0.39, 0.29) is 11.9 Å².